The first-order chi connectivity index (χ1) is 13.7. The Labute approximate surface area is 173 Å². The molecule has 1 aliphatic heterocycles. The van der Waals surface area contributed by atoms with E-state index in [0.717, 1.165) is 10.6 Å². The smallest absolute Gasteiger partial charge is 0.339 e. The molecule has 2 aromatic carbocycles. The number of halogens is 1. The molecule has 10 heteroatoms. The second-order valence-corrected chi connectivity index (χ2v) is 8.59. The first-order valence-corrected chi connectivity index (χ1v) is 10.9. The van der Waals surface area contributed by atoms with Gasteiger partial charge in [0, 0.05) is 5.69 Å². The molecule has 0 saturated heterocycles. The first kappa shape index (κ1) is 20.9. The van der Waals surface area contributed by atoms with Crippen LogP contribution in [0.3, 0.4) is 0 Å². The molecule has 2 aromatic rings. The number of rotatable bonds is 5. The molecule has 0 saturated carbocycles. The van der Waals surface area contributed by atoms with Crippen molar-refractivity contribution < 1.29 is 27.5 Å². The molecule has 3 rings (SSSR count). The molecule has 1 heterocycles. The minimum absolute atomic E-state index is 0.119. The number of hydrogen-bond donors (Lipinski definition) is 1. The maximum atomic E-state index is 12.7. The van der Waals surface area contributed by atoms with Crippen LogP contribution in [0.1, 0.15) is 17.3 Å². The van der Waals surface area contributed by atoms with Crippen LogP contribution in [0.2, 0.25) is 5.02 Å². The Hall–Kier alpha value is -2.78. The third-order valence-electron chi connectivity index (χ3n) is 4.16. The maximum absolute atomic E-state index is 12.7. The lowest BCUT2D eigenvalue weighted by Crippen LogP contribution is -2.48. The number of sulfonamides is 1. The highest BCUT2D eigenvalue weighted by molar-refractivity contribution is 7.92. The lowest BCUT2D eigenvalue weighted by atomic mass is 10.2. The van der Waals surface area contributed by atoms with Gasteiger partial charge >= 0.3 is 5.97 Å². The molecule has 29 heavy (non-hydrogen) atoms. The van der Waals surface area contributed by atoms with Gasteiger partial charge in [-0.25, -0.2) is 13.2 Å². The highest BCUT2D eigenvalue weighted by Crippen LogP contribution is 2.35. The highest BCUT2D eigenvalue weighted by Gasteiger charge is 2.35. The third kappa shape index (κ3) is 4.63. The maximum Gasteiger partial charge on any atom is 0.339 e. The molecule has 0 unspecified atom stereocenters. The van der Waals surface area contributed by atoms with Crippen LogP contribution in [0.5, 0.6) is 5.75 Å². The Bertz CT molecular complexity index is 1060. The average Bonchev–Trinajstić information content (AvgIpc) is 2.66. The predicted octanol–water partition coefficient (Wildman–Crippen LogP) is 2.68. The summed E-state index contributed by atoms with van der Waals surface area (Å²) >= 11 is 6.11. The monoisotopic (exact) mass is 438 g/mol. The predicted molar refractivity (Wildman–Crippen MR) is 109 cm³/mol. The summed E-state index contributed by atoms with van der Waals surface area (Å²) in [5, 5.41) is 2.75. The van der Waals surface area contributed by atoms with E-state index in [0.29, 0.717) is 17.1 Å². The summed E-state index contributed by atoms with van der Waals surface area (Å²) in [7, 11) is -3.61. The Kier molecular flexibility index (Phi) is 5.99. The topological polar surface area (TPSA) is 102 Å². The number of amides is 1. The van der Waals surface area contributed by atoms with Crippen LogP contribution < -0.4 is 14.4 Å². The second-order valence-electron chi connectivity index (χ2n) is 6.27. The zero-order chi connectivity index (χ0) is 21.2. The third-order valence-corrected chi connectivity index (χ3v) is 5.62. The number of hydrogen-bond acceptors (Lipinski definition) is 6. The van der Waals surface area contributed by atoms with Crippen LogP contribution >= 0.6 is 11.6 Å². The van der Waals surface area contributed by atoms with Crippen molar-refractivity contribution in [2.75, 3.05) is 29.0 Å². The van der Waals surface area contributed by atoms with Crippen molar-refractivity contribution in [3.05, 3.63) is 53.1 Å². The van der Waals surface area contributed by atoms with Crippen LogP contribution in [0.25, 0.3) is 0 Å². The van der Waals surface area contributed by atoms with E-state index in [4.69, 9.17) is 21.1 Å². The number of nitrogens with zero attached hydrogens (tertiary/aromatic N) is 1. The number of carbonyl (C=O) groups excluding carboxylic acids is 2. The molecule has 0 aromatic heterocycles. The number of para-hydroxylation sites is 2. The molecule has 1 atom stereocenters. The van der Waals surface area contributed by atoms with E-state index in [1.54, 1.807) is 31.2 Å². The molecule has 8 nitrogen and oxygen atoms in total. The molecule has 0 aliphatic carbocycles. The fraction of sp³-hybridized carbons (Fsp3) is 0.263. The summed E-state index contributed by atoms with van der Waals surface area (Å²) in [6.45, 7) is 1.73. The average molecular weight is 439 g/mol. The molecule has 0 spiro atoms. The standard InChI is InChI=1S/C19H19ClN2O6S/c1-3-27-19(24)13-9-8-12(10-14(13)20)21-18(23)17-11-22(29(2,25)26)15-6-4-5-7-16(15)28-17/h4-10,17H,3,11H2,1-2H3,(H,21,23)/t17-/m0/s1. The largest absolute Gasteiger partial charge is 0.476 e. The van der Waals surface area contributed by atoms with E-state index in [-0.39, 0.29) is 23.7 Å². The molecule has 1 aliphatic rings. The lowest BCUT2D eigenvalue weighted by molar-refractivity contribution is -0.122. The van der Waals surface area contributed by atoms with E-state index in [2.05, 4.69) is 5.32 Å². The summed E-state index contributed by atoms with van der Waals surface area (Å²) in [4.78, 5) is 24.5. The number of carbonyl (C=O) groups is 2. The molecular weight excluding hydrogens is 420 g/mol. The van der Waals surface area contributed by atoms with Gasteiger partial charge in [0.15, 0.2) is 6.10 Å². The summed E-state index contributed by atoms with van der Waals surface area (Å²) in [6.07, 6.45) is 0.000864. The van der Waals surface area contributed by atoms with Crippen LogP contribution in [-0.2, 0) is 19.6 Å². The Morgan fingerprint density at radius 3 is 2.66 bits per heavy atom. The quantitative estimate of drug-likeness (QED) is 0.720. The summed E-state index contributed by atoms with van der Waals surface area (Å²) in [6, 6.07) is 10.9. The minimum Gasteiger partial charge on any atom is -0.476 e. The van der Waals surface area contributed by atoms with Crippen molar-refractivity contribution in [1.82, 2.24) is 0 Å². The van der Waals surface area contributed by atoms with Crippen LogP contribution in [0, 0.1) is 0 Å². The Balaban J connectivity index is 1.79. The van der Waals surface area contributed by atoms with Crippen molar-refractivity contribution in [1.29, 1.82) is 0 Å². The summed E-state index contributed by atoms with van der Waals surface area (Å²) in [5.74, 6) is -0.820. The molecule has 0 radical (unpaired) electrons. The van der Waals surface area contributed by atoms with Crippen molar-refractivity contribution in [3.63, 3.8) is 0 Å². The Morgan fingerprint density at radius 2 is 2.00 bits per heavy atom. The Morgan fingerprint density at radius 1 is 1.28 bits per heavy atom. The lowest BCUT2D eigenvalue weighted by Gasteiger charge is -2.33. The normalized spacial score (nSPS) is 15.8. The van der Waals surface area contributed by atoms with E-state index >= 15 is 0 Å². The summed E-state index contributed by atoms with van der Waals surface area (Å²) in [5.41, 5.74) is 0.889. The van der Waals surface area contributed by atoms with Crippen molar-refractivity contribution >= 4 is 44.9 Å². The highest BCUT2D eigenvalue weighted by atomic mass is 35.5. The SMILES string of the molecule is CCOC(=O)c1ccc(NC(=O)[C@@H]2CN(S(C)(=O)=O)c3ccccc3O2)cc1Cl. The van der Waals surface area contributed by atoms with Gasteiger partial charge in [-0.1, -0.05) is 23.7 Å². The first-order valence-electron chi connectivity index (χ1n) is 8.71. The van der Waals surface area contributed by atoms with Crippen LogP contribution in [0.4, 0.5) is 11.4 Å². The van der Waals surface area contributed by atoms with Crippen molar-refractivity contribution in [3.8, 4) is 5.75 Å². The number of anilines is 2. The fourth-order valence-corrected chi connectivity index (χ4v) is 4.01. The zero-order valence-electron chi connectivity index (χ0n) is 15.7. The molecule has 1 amide bonds. The van der Waals surface area contributed by atoms with Crippen molar-refractivity contribution in [2.24, 2.45) is 0 Å². The van der Waals surface area contributed by atoms with Gasteiger partial charge < -0.3 is 14.8 Å². The number of nitrogens with one attached hydrogen (secondary N) is 1. The molecule has 1 N–H and O–H groups in total. The second kappa shape index (κ2) is 8.30. The van der Waals surface area contributed by atoms with E-state index in [1.807, 2.05) is 0 Å². The minimum atomic E-state index is -3.61. The zero-order valence-corrected chi connectivity index (χ0v) is 17.3. The van der Waals surface area contributed by atoms with E-state index in [1.165, 1.54) is 18.2 Å². The molecule has 154 valence electrons. The van der Waals surface area contributed by atoms with Gasteiger partial charge in [-0.05, 0) is 37.3 Å². The van der Waals surface area contributed by atoms with Gasteiger partial charge in [0.1, 0.15) is 5.75 Å². The van der Waals surface area contributed by atoms with Gasteiger partial charge in [-0.2, -0.15) is 0 Å². The van der Waals surface area contributed by atoms with Gasteiger partial charge in [-0.15, -0.1) is 0 Å². The van der Waals surface area contributed by atoms with Gasteiger partial charge in [0.2, 0.25) is 10.0 Å². The number of fused-ring (bicyclic) bond motifs is 1. The molecule has 0 bridgehead atoms. The molecular formula is C19H19ClN2O6S. The summed E-state index contributed by atoms with van der Waals surface area (Å²) < 4.78 is 36.0. The number of esters is 1. The van der Waals surface area contributed by atoms with Gasteiger partial charge in [0.25, 0.3) is 5.91 Å². The van der Waals surface area contributed by atoms with E-state index < -0.39 is 28.0 Å². The van der Waals surface area contributed by atoms with Gasteiger partial charge in [0.05, 0.1) is 35.7 Å². The molecule has 0 fully saturated rings. The number of ether oxygens (including phenoxy) is 2. The van der Waals surface area contributed by atoms with E-state index in [9.17, 15) is 18.0 Å². The van der Waals surface area contributed by atoms with Crippen molar-refractivity contribution in [2.45, 2.75) is 13.0 Å². The number of benzene rings is 2. The van der Waals surface area contributed by atoms with Gasteiger partial charge in [-0.3, -0.25) is 9.10 Å². The van der Waals surface area contributed by atoms with Crippen LogP contribution in [-0.4, -0.2) is 45.8 Å². The fourth-order valence-electron chi connectivity index (χ4n) is 2.84. The van der Waals surface area contributed by atoms with Crippen LogP contribution in [0.15, 0.2) is 42.5 Å².